The van der Waals surface area contributed by atoms with Gasteiger partial charge < -0.3 is 10.6 Å². The highest BCUT2D eigenvalue weighted by atomic mass is 35.5. The zero-order valence-corrected chi connectivity index (χ0v) is 16.7. The summed E-state index contributed by atoms with van der Waals surface area (Å²) >= 11 is 7.64. The van der Waals surface area contributed by atoms with E-state index in [4.69, 9.17) is 24.4 Å². The number of pyridine rings is 1. The van der Waals surface area contributed by atoms with Crippen LogP contribution in [0.1, 0.15) is 15.4 Å². The summed E-state index contributed by atoms with van der Waals surface area (Å²) in [7, 11) is 7.48. The summed E-state index contributed by atoms with van der Waals surface area (Å²) in [6, 6.07) is 9.21. The Hall–Kier alpha value is -2.84. The van der Waals surface area contributed by atoms with Crippen molar-refractivity contribution in [3.8, 4) is 5.69 Å². The molecule has 3 aromatic heterocycles. The molecule has 9 heteroatoms. The predicted molar refractivity (Wildman–Crippen MR) is 115 cm³/mol. The van der Waals surface area contributed by atoms with Crippen LogP contribution in [0, 0.1) is 6.92 Å². The van der Waals surface area contributed by atoms with E-state index in [1.807, 2.05) is 30.5 Å². The monoisotopic (exact) mass is 407 g/mol. The number of hydrogen-bond acceptors (Lipinski definition) is 5. The third kappa shape index (κ3) is 3.25. The molecule has 0 aliphatic heterocycles. The molecule has 1 amide bonds. The van der Waals surface area contributed by atoms with Gasteiger partial charge in [0, 0.05) is 17.8 Å². The minimum atomic E-state index is -0.123. The van der Waals surface area contributed by atoms with E-state index in [0.717, 1.165) is 22.5 Å². The molecule has 6 nitrogen and oxygen atoms in total. The lowest BCUT2D eigenvalue weighted by Crippen LogP contribution is -2.16. The third-order valence-corrected chi connectivity index (χ3v) is 5.65. The van der Waals surface area contributed by atoms with Gasteiger partial charge in [-0.3, -0.25) is 4.79 Å². The average molecular weight is 408 g/mol. The van der Waals surface area contributed by atoms with Crippen molar-refractivity contribution in [2.75, 3.05) is 12.4 Å². The number of nitrogens with one attached hydrogen (secondary N) is 2. The molecule has 3 heterocycles. The Morgan fingerprint density at radius 2 is 2.11 bits per heavy atom. The highest BCUT2D eigenvalue weighted by molar-refractivity contribution is 7.12. The van der Waals surface area contributed by atoms with Crippen molar-refractivity contribution in [3.05, 3.63) is 57.5 Å². The number of halogens is 1. The van der Waals surface area contributed by atoms with E-state index in [-0.39, 0.29) is 5.91 Å². The van der Waals surface area contributed by atoms with Gasteiger partial charge in [-0.25, -0.2) is 9.67 Å². The van der Waals surface area contributed by atoms with Crippen LogP contribution in [0.5, 0.6) is 0 Å². The Balaban J connectivity index is 1.72. The van der Waals surface area contributed by atoms with Gasteiger partial charge in [0.25, 0.3) is 5.91 Å². The Kier molecular flexibility index (Phi) is 4.83. The Morgan fingerprint density at radius 3 is 2.89 bits per heavy atom. The Labute approximate surface area is 172 Å². The number of carbonyl (C=O) groups is 1. The quantitative estimate of drug-likeness (QED) is 0.509. The fourth-order valence-corrected chi connectivity index (χ4v) is 3.82. The van der Waals surface area contributed by atoms with E-state index in [0.29, 0.717) is 26.7 Å². The molecule has 1 aromatic carbocycles. The molecule has 138 valence electrons. The molecule has 2 radical (unpaired) electrons. The highest BCUT2D eigenvalue weighted by Crippen LogP contribution is 2.29. The number of rotatable bonds is 4. The van der Waals surface area contributed by atoms with Crippen molar-refractivity contribution >= 4 is 64.6 Å². The van der Waals surface area contributed by atoms with E-state index in [2.05, 4.69) is 15.7 Å². The average Bonchev–Trinajstić information content (AvgIpc) is 3.32. The fourth-order valence-electron chi connectivity index (χ4n) is 2.83. The zero-order chi connectivity index (χ0) is 19.8. The van der Waals surface area contributed by atoms with Gasteiger partial charge in [-0.15, -0.1) is 11.3 Å². The van der Waals surface area contributed by atoms with Crippen LogP contribution >= 0.6 is 22.9 Å². The topological polar surface area (TPSA) is 71.8 Å². The van der Waals surface area contributed by atoms with Gasteiger partial charge in [-0.2, -0.15) is 5.10 Å². The summed E-state index contributed by atoms with van der Waals surface area (Å²) in [6.07, 6.45) is 1.74. The first kappa shape index (κ1) is 18.5. The van der Waals surface area contributed by atoms with Crippen molar-refractivity contribution in [3.63, 3.8) is 0 Å². The number of aromatic nitrogens is 3. The number of aryl methyl sites for hydroxylation is 1. The van der Waals surface area contributed by atoms with Crippen molar-refractivity contribution in [1.82, 2.24) is 20.1 Å². The standard InChI is InChI=1S/C19H15BClN5OS/c1-10-15(25-14-5-3-4-13(20)17(14)21)6-11-8-23-26(18(11)24-10)12-7-16(28-9-12)19(27)22-2/h3-9,25H,1-2H3,(H,22,27). The van der Waals surface area contributed by atoms with Crippen LogP contribution in [-0.4, -0.2) is 35.6 Å². The first-order valence-electron chi connectivity index (χ1n) is 8.45. The van der Waals surface area contributed by atoms with Crippen LogP contribution < -0.4 is 16.1 Å². The van der Waals surface area contributed by atoms with Gasteiger partial charge in [0.05, 0.1) is 38.9 Å². The van der Waals surface area contributed by atoms with Crippen LogP contribution in [0.3, 0.4) is 0 Å². The van der Waals surface area contributed by atoms with Crippen molar-refractivity contribution in [1.29, 1.82) is 0 Å². The number of carbonyl (C=O) groups excluding carboxylic acids is 1. The molecule has 2 N–H and O–H groups in total. The summed E-state index contributed by atoms with van der Waals surface area (Å²) in [4.78, 5) is 17.1. The Bertz CT molecular complexity index is 1200. The lowest BCUT2D eigenvalue weighted by Gasteiger charge is -2.12. The number of anilines is 2. The lowest BCUT2D eigenvalue weighted by atomic mass is 9.96. The minimum absolute atomic E-state index is 0.123. The van der Waals surface area contributed by atoms with E-state index in [1.165, 1.54) is 11.3 Å². The minimum Gasteiger partial charge on any atom is -0.354 e. The molecule has 4 rings (SSSR count). The maximum absolute atomic E-state index is 11.8. The molecular formula is C19H15BClN5OS. The summed E-state index contributed by atoms with van der Waals surface area (Å²) in [5, 5.41) is 13.6. The van der Waals surface area contributed by atoms with Gasteiger partial charge in [-0.1, -0.05) is 29.2 Å². The van der Waals surface area contributed by atoms with Gasteiger partial charge in [0.1, 0.15) is 7.85 Å². The molecular weight excluding hydrogens is 393 g/mol. The summed E-state index contributed by atoms with van der Waals surface area (Å²) in [5.74, 6) is -0.123. The molecule has 0 aliphatic rings. The van der Waals surface area contributed by atoms with Crippen LogP contribution in [0.4, 0.5) is 11.4 Å². The van der Waals surface area contributed by atoms with E-state index in [1.54, 1.807) is 30.1 Å². The third-order valence-electron chi connectivity index (χ3n) is 4.31. The highest BCUT2D eigenvalue weighted by Gasteiger charge is 2.14. The molecule has 0 saturated carbocycles. The van der Waals surface area contributed by atoms with Gasteiger partial charge in [-0.05, 0) is 25.1 Å². The summed E-state index contributed by atoms with van der Waals surface area (Å²) in [5.41, 5.74) is 4.33. The summed E-state index contributed by atoms with van der Waals surface area (Å²) < 4.78 is 1.72. The molecule has 4 aromatic rings. The number of fused-ring (bicyclic) bond motifs is 1. The smallest absolute Gasteiger partial charge is 0.261 e. The van der Waals surface area contributed by atoms with Crippen LogP contribution in [0.15, 0.2) is 41.9 Å². The molecule has 0 bridgehead atoms. The largest absolute Gasteiger partial charge is 0.354 e. The van der Waals surface area contributed by atoms with E-state index < -0.39 is 0 Å². The van der Waals surface area contributed by atoms with Gasteiger partial charge in [0.2, 0.25) is 0 Å². The van der Waals surface area contributed by atoms with Crippen molar-refractivity contribution < 1.29 is 4.79 Å². The molecule has 0 aliphatic carbocycles. The number of amides is 1. The fraction of sp³-hybridized carbons (Fsp3) is 0.105. The number of hydrogen-bond donors (Lipinski definition) is 2. The number of nitrogens with zero attached hydrogens (tertiary/aromatic N) is 3. The molecule has 0 saturated heterocycles. The summed E-state index contributed by atoms with van der Waals surface area (Å²) in [6.45, 7) is 1.91. The first-order valence-corrected chi connectivity index (χ1v) is 9.71. The lowest BCUT2D eigenvalue weighted by molar-refractivity contribution is 0.0967. The molecule has 0 fully saturated rings. The Morgan fingerprint density at radius 1 is 1.29 bits per heavy atom. The van der Waals surface area contributed by atoms with Crippen molar-refractivity contribution in [2.45, 2.75) is 6.92 Å². The predicted octanol–water partition coefficient (Wildman–Crippen LogP) is 3.34. The maximum atomic E-state index is 11.8. The second kappa shape index (κ2) is 7.29. The number of benzene rings is 1. The normalized spacial score (nSPS) is 11.0. The van der Waals surface area contributed by atoms with Crippen molar-refractivity contribution in [2.24, 2.45) is 0 Å². The molecule has 0 unspecified atom stereocenters. The SMILES string of the molecule is [B]c1cccc(Nc2cc3cnn(-c4csc(C(=O)NC)c4)c3nc2C)c1Cl. The van der Waals surface area contributed by atoms with Gasteiger partial charge >= 0.3 is 0 Å². The molecule has 0 spiro atoms. The second-order valence-electron chi connectivity index (χ2n) is 6.17. The first-order chi connectivity index (χ1) is 13.5. The van der Waals surface area contributed by atoms with Gasteiger partial charge in [0.15, 0.2) is 5.65 Å². The molecule has 28 heavy (non-hydrogen) atoms. The maximum Gasteiger partial charge on any atom is 0.261 e. The second-order valence-corrected chi connectivity index (χ2v) is 7.46. The van der Waals surface area contributed by atoms with Crippen LogP contribution in [-0.2, 0) is 0 Å². The van der Waals surface area contributed by atoms with E-state index >= 15 is 0 Å². The number of thiophene rings is 1. The van der Waals surface area contributed by atoms with E-state index in [9.17, 15) is 4.79 Å². The zero-order valence-electron chi connectivity index (χ0n) is 15.2. The van der Waals surface area contributed by atoms with Crippen LogP contribution in [0.25, 0.3) is 16.7 Å². The van der Waals surface area contributed by atoms with Crippen LogP contribution in [0.2, 0.25) is 5.02 Å². The molecule has 0 atom stereocenters.